The highest BCUT2D eigenvalue weighted by Crippen LogP contribution is 2.28. The van der Waals surface area contributed by atoms with E-state index in [2.05, 4.69) is 10.4 Å². The van der Waals surface area contributed by atoms with Crippen LogP contribution < -0.4 is 5.32 Å². The molecule has 0 unspecified atom stereocenters. The van der Waals surface area contributed by atoms with Crippen LogP contribution in [0.4, 0.5) is 4.39 Å². The molecule has 0 aliphatic heterocycles. The smallest absolute Gasteiger partial charge is 0.254 e. The van der Waals surface area contributed by atoms with Crippen LogP contribution in [-0.2, 0) is 6.54 Å². The van der Waals surface area contributed by atoms with Crippen LogP contribution in [0.1, 0.15) is 34.5 Å². The van der Waals surface area contributed by atoms with E-state index in [-0.39, 0.29) is 16.0 Å². The summed E-state index contributed by atoms with van der Waals surface area (Å²) in [7, 11) is 0. The van der Waals surface area contributed by atoms with Gasteiger partial charge >= 0.3 is 0 Å². The molecule has 0 aliphatic carbocycles. The van der Waals surface area contributed by atoms with Crippen LogP contribution in [0.2, 0.25) is 15.1 Å². The van der Waals surface area contributed by atoms with Crippen molar-refractivity contribution in [1.29, 1.82) is 0 Å². The third kappa shape index (κ3) is 4.61. The van der Waals surface area contributed by atoms with Crippen molar-refractivity contribution in [1.82, 2.24) is 15.1 Å². The van der Waals surface area contributed by atoms with Gasteiger partial charge in [-0.15, -0.1) is 0 Å². The minimum Gasteiger partial charge on any atom is -0.345 e. The van der Waals surface area contributed by atoms with Crippen LogP contribution >= 0.6 is 34.8 Å². The third-order valence-corrected chi connectivity index (χ3v) is 5.03. The van der Waals surface area contributed by atoms with Gasteiger partial charge < -0.3 is 5.32 Å². The van der Waals surface area contributed by atoms with Crippen molar-refractivity contribution >= 4 is 40.7 Å². The van der Waals surface area contributed by atoms with Crippen LogP contribution in [-0.4, -0.2) is 15.7 Å². The lowest BCUT2D eigenvalue weighted by Crippen LogP contribution is -2.26. The lowest BCUT2D eigenvalue weighted by atomic mass is 10.1. The maximum atomic E-state index is 13.7. The standard InChI is InChI=1S/C19H15Cl3FN3O/c1-11(14-6-18(23)17(22)7-16(14)21)25-19(27)13-8-24-26(10-13)9-12-4-2-3-5-15(12)20/h2-8,10-11H,9H2,1H3,(H,25,27)/t11-/m1/s1. The van der Waals surface area contributed by atoms with Gasteiger partial charge in [-0.05, 0) is 36.2 Å². The number of rotatable bonds is 5. The number of amides is 1. The molecule has 0 spiro atoms. The van der Waals surface area contributed by atoms with Gasteiger partial charge in [-0.3, -0.25) is 9.48 Å². The van der Waals surface area contributed by atoms with Crippen LogP contribution in [0.15, 0.2) is 48.8 Å². The molecular formula is C19H15Cl3FN3O. The Hall–Kier alpha value is -2.08. The van der Waals surface area contributed by atoms with Gasteiger partial charge in [-0.25, -0.2) is 4.39 Å². The zero-order valence-corrected chi connectivity index (χ0v) is 16.5. The van der Waals surface area contributed by atoms with Crippen molar-refractivity contribution in [2.75, 3.05) is 0 Å². The average molecular weight is 427 g/mol. The van der Waals surface area contributed by atoms with Crippen molar-refractivity contribution < 1.29 is 9.18 Å². The monoisotopic (exact) mass is 425 g/mol. The molecule has 140 valence electrons. The Morgan fingerprint density at radius 2 is 1.93 bits per heavy atom. The summed E-state index contributed by atoms with van der Waals surface area (Å²) in [4.78, 5) is 12.5. The number of nitrogens with zero attached hydrogens (tertiary/aromatic N) is 2. The van der Waals surface area contributed by atoms with Crippen LogP contribution in [0, 0.1) is 5.82 Å². The predicted octanol–water partition coefficient (Wildman–Crippen LogP) is 5.52. The summed E-state index contributed by atoms with van der Waals surface area (Å²) >= 11 is 18.0. The Bertz CT molecular complexity index is 990. The van der Waals surface area contributed by atoms with E-state index in [4.69, 9.17) is 34.8 Å². The summed E-state index contributed by atoms with van der Waals surface area (Å²) in [5.41, 5.74) is 1.71. The lowest BCUT2D eigenvalue weighted by molar-refractivity contribution is 0.0939. The number of hydrogen-bond acceptors (Lipinski definition) is 2. The number of benzene rings is 2. The quantitative estimate of drug-likeness (QED) is 0.546. The summed E-state index contributed by atoms with van der Waals surface area (Å²) in [6.45, 7) is 2.15. The maximum absolute atomic E-state index is 13.7. The van der Waals surface area contributed by atoms with E-state index in [1.165, 1.54) is 18.3 Å². The topological polar surface area (TPSA) is 46.9 Å². The molecule has 1 aromatic heterocycles. The van der Waals surface area contributed by atoms with Gasteiger partial charge in [0.05, 0.1) is 29.4 Å². The second-order valence-corrected chi connectivity index (χ2v) is 7.22. The number of aromatic nitrogens is 2. The van der Waals surface area contributed by atoms with Gasteiger partial charge in [0.15, 0.2) is 0 Å². The molecular weight excluding hydrogens is 412 g/mol. The molecule has 0 fully saturated rings. The van der Waals surface area contributed by atoms with Gasteiger partial charge in [0.2, 0.25) is 0 Å². The van der Waals surface area contributed by atoms with E-state index in [0.29, 0.717) is 22.7 Å². The first-order valence-electron chi connectivity index (χ1n) is 8.06. The van der Waals surface area contributed by atoms with Crippen LogP contribution in [0.25, 0.3) is 0 Å². The maximum Gasteiger partial charge on any atom is 0.254 e. The number of halogens is 4. The molecule has 0 radical (unpaired) electrons. The summed E-state index contributed by atoms with van der Waals surface area (Å²) in [5.74, 6) is -0.941. The Balaban J connectivity index is 1.71. The molecule has 1 heterocycles. The van der Waals surface area contributed by atoms with E-state index < -0.39 is 11.9 Å². The Labute approximate surface area is 170 Å². The second-order valence-electron chi connectivity index (χ2n) is 6.00. The number of nitrogens with one attached hydrogen (secondary N) is 1. The Morgan fingerprint density at radius 1 is 1.19 bits per heavy atom. The van der Waals surface area contributed by atoms with Crippen molar-refractivity contribution in [3.8, 4) is 0 Å². The first-order chi connectivity index (χ1) is 12.8. The fraction of sp³-hybridized carbons (Fsp3) is 0.158. The highest BCUT2D eigenvalue weighted by molar-refractivity contribution is 6.35. The van der Waals surface area contributed by atoms with Gasteiger partial charge in [0.25, 0.3) is 5.91 Å². The first kappa shape index (κ1) is 19.7. The molecule has 0 saturated carbocycles. The lowest BCUT2D eigenvalue weighted by Gasteiger charge is -2.15. The van der Waals surface area contributed by atoms with Crippen molar-refractivity contribution in [2.24, 2.45) is 0 Å². The predicted molar refractivity (Wildman–Crippen MR) is 105 cm³/mol. The van der Waals surface area contributed by atoms with Crippen molar-refractivity contribution in [3.63, 3.8) is 0 Å². The zero-order chi connectivity index (χ0) is 19.6. The van der Waals surface area contributed by atoms with E-state index in [1.54, 1.807) is 23.9 Å². The van der Waals surface area contributed by atoms with Gasteiger partial charge in [0.1, 0.15) is 5.82 Å². The Kier molecular flexibility index (Phi) is 6.05. The molecule has 3 rings (SSSR count). The van der Waals surface area contributed by atoms with Gasteiger partial charge in [-0.2, -0.15) is 5.10 Å². The van der Waals surface area contributed by atoms with E-state index in [9.17, 15) is 9.18 Å². The van der Waals surface area contributed by atoms with Crippen molar-refractivity contribution in [2.45, 2.75) is 19.5 Å². The fourth-order valence-corrected chi connectivity index (χ4v) is 3.34. The number of carbonyl (C=O) groups excluding carboxylic acids is 1. The zero-order valence-electron chi connectivity index (χ0n) is 14.2. The minimum absolute atomic E-state index is 0.0666. The molecule has 8 heteroatoms. The molecule has 1 N–H and O–H groups in total. The molecule has 0 aliphatic rings. The van der Waals surface area contributed by atoms with E-state index in [1.807, 2.05) is 18.2 Å². The van der Waals surface area contributed by atoms with Gasteiger partial charge in [-0.1, -0.05) is 53.0 Å². The SMILES string of the molecule is C[C@@H](NC(=O)c1cnn(Cc2ccccc2Cl)c1)c1cc(F)c(Cl)cc1Cl. The fourth-order valence-electron chi connectivity index (χ4n) is 2.60. The molecule has 27 heavy (non-hydrogen) atoms. The number of hydrogen-bond donors (Lipinski definition) is 1. The molecule has 0 saturated heterocycles. The largest absolute Gasteiger partial charge is 0.345 e. The van der Waals surface area contributed by atoms with E-state index >= 15 is 0 Å². The summed E-state index contributed by atoms with van der Waals surface area (Å²) in [6, 6.07) is 9.44. The minimum atomic E-state index is -0.593. The second kappa shape index (κ2) is 8.30. The molecule has 1 atom stereocenters. The molecule has 3 aromatic rings. The molecule has 0 bridgehead atoms. The van der Waals surface area contributed by atoms with Gasteiger partial charge in [0, 0.05) is 16.2 Å². The molecule has 2 aromatic carbocycles. The van der Waals surface area contributed by atoms with Crippen LogP contribution in [0.3, 0.4) is 0 Å². The third-order valence-electron chi connectivity index (χ3n) is 4.04. The molecule has 1 amide bonds. The van der Waals surface area contributed by atoms with E-state index in [0.717, 1.165) is 5.56 Å². The summed E-state index contributed by atoms with van der Waals surface area (Å²) < 4.78 is 15.3. The average Bonchev–Trinajstić information content (AvgIpc) is 3.09. The van der Waals surface area contributed by atoms with Crippen molar-refractivity contribution in [3.05, 3.63) is 86.4 Å². The Morgan fingerprint density at radius 3 is 2.67 bits per heavy atom. The first-order valence-corrected chi connectivity index (χ1v) is 9.19. The number of carbonyl (C=O) groups is 1. The van der Waals surface area contributed by atoms with Crippen LogP contribution in [0.5, 0.6) is 0 Å². The highest BCUT2D eigenvalue weighted by atomic mass is 35.5. The summed E-state index contributed by atoms with van der Waals surface area (Å²) in [6.07, 6.45) is 3.08. The summed E-state index contributed by atoms with van der Waals surface area (Å²) in [5, 5.41) is 7.81. The normalized spacial score (nSPS) is 12.0. The highest BCUT2D eigenvalue weighted by Gasteiger charge is 2.17. The molecule has 4 nitrogen and oxygen atoms in total.